The van der Waals surface area contributed by atoms with Gasteiger partial charge in [-0.2, -0.15) is 12.6 Å². The summed E-state index contributed by atoms with van der Waals surface area (Å²) in [6.45, 7) is -0.301. The van der Waals surface area contributed by atoms with Crippen molar-refractivity contribution < 1.29 is 29.4 Å². The van der Waals surface area contributed by atoms with Crippen molar-refractivity contribution in [3.8, 4) is 0 Å². The SMILES string of the molecule is NC(CO)C(=O)NC(CS)C(=O)N1CCCC1C(=O)NC(Cc1c[nH]c2ccccc12)C(=O)O. The lowest BCUT2D eigenvalue weighted by atomic mass is 10.0. The lowest BCUT2D eigenvalue weighted by Crippen LogP contribution is -2.57. The Morgan fingerprint density at radius 3 is 2.62 bits per heavy atom. The van der Waals surface area contributed by atoms with Crippen molar-refractivity contribution in [3.63, 3.8) is 0 Å². The Labute approximate surface area is 201 Å². The Morgan fingerprint density at radius 1 is 1.21 bits per heavy atom. The molecule has 184 valence electrons. The van der Waals surface area contributed by atoms with Crippen LogP contribution in [0.5, 0.6) is 0 Å². The third-order valence-electron chi connectivity index (χ3n) is 5.88. The third kappa shape index (κ3) is 5.69. The molecule has 11 nitrogen and oxygen atoms in total. The maximum Gasteiger partial charge on any atom is 0.326 e. The third-order valence-corrected chi connectivity index (χ3v) is 6.25. The fraction of sp³-hybridized carbons (Fsp3) is 0.455. The number of carboxylic acids is 1. The van der Waals surface area contributed by atoms with E-state index in [-0.39, 0.29) is 18.7 Å². The summed E-state index contributed by atoms with van der Waals surface area (Å²) < 4.78 is 0. The predicted octanol–water partition coefficient (Wildman–Crippen LogP) is -0.995. The fourth-order valence-electron chi connectivity index (χ4n) is 4.04. The van der Waals surface area contributed by atoms with Crippen LogP contribution in [-0.4, -0.2) is 86.9 Å². The van der Waals surface area contributed by atoms with Gasteiger partial charge in [0.25, 0.3) is 0 Å². The van der Waals surface area contributed by atoms with E-state index in [0.29, 0.717) is 12.8 Å². The molecule has 0 saturated carbocycles. The van der Waals surface area contributed by atoms with Crippen LogP contribution in [0.2, 0.25) is 0 Å². The number of aliphatic hydroxyl groups excluding tert-OH is 1. The van der Waals surface area contributed by atoms with Gasteiger partial charge in [-0.15, -0.1) is 0 Å². The summed E-state index contributed by atoms with van der Waals surface area (Å²) in [5.74, 6) is -3.02. The number of hydrogen-bond donors (Lipinski definition) is 7. The number of rotatable bonds is 10. The Balaban J connectivity index is 1.69. The summed E-state index contributed by atoms with van der Waals surface area (Å²) in [5, 5.41) is 24.6. The number of amides is 3. The van der Waals surface area contributed by atoms with Gasteiger partial charge in [-0.1, -0.05) is 18.2 Å². The first kappa shape index (κ1) is 25.5. The highest BCUT2D eigenvalue weighted by molar-refractivity contribution is 7.80. The van der Waals surface area contributed by atoms with Crippen molar-refractivity contribution in [2.45, 2.75) is 43.4 Å². The first-order valence-electron chi connectivity index (χ1n) is 10.9. The molecule has 0 radical (unpaired) electrons. The van der Waals surface area contributed by atoms with E-state index in [1.165, 1.54) is 4.90 Å². The van der Waals surface area contributed by atoms with Crippen LogP contribution in [0.1, 0.15) is 18.4 Å². The van der Waals surface area contributed by atoms with Crippen molar-refractivity contribution in [2.75, 3.05) is 18.9 Å². The quantitative estimate of drug-likeness (QED) is 0.208. The van der Waals surface area contributed by atoms with E-state index in [1.54, 1.807) is 6.20 Å². The van der Waals surface area contributed by atoms with Crippen LogP contribution in [0.4, 0.5) is 0 Å². The average molecular weight is 492 g/mol. The predicted molar refractivity (Wildman–Crippen MR) is 127 cm³/mol. The second-order valence-electron chi connectivity index (χ2n) is 8.19. The number of thiol groups is 1. The number of hydrogen-bond acceptors (Lipinski definition) is 7. The number of H-pyrrole nitrogens is 1. The zero-order valence-electron chi connectivity index (χ0n) is 18.4. The summed E-state index contributed by atoms with van der Waals surface area (Å²) in [7, 11) is 0. The van der Waals surface area contributed by atoms with Crippen LogP contribution in [0.3, 0.4) is 0 Å². The van der Waals surface area contributed by atoms with Gasteiger partial charge in [-0.05, 0) is 24.5 Å². The molecular formula is C22H29N5O6S. The van der Waals surface area contributed by atoms with Crippen molar-refractivity contribution >= 4 is 47.2 Å². The number of aromatic amines is 1. The monoisotopic (exact) mass is 491 g/mol. The first-order chi connectivity index (χ1) is 16.3. The average Bonchev–Trinajstić information content (AvgIpc) is 3.48. The van der Waals surface area contributed by atoms with Crippen molar-refractivity contribution in [2.24, 2.45) is 5.73 Å². The molecule has 2 aromatic rings. The number of para-hydroxylation sites is 1. The highest BCUT2D eigenvalue weighted by atomic mass is 32.1. The molecule has 3 rings (SSSR count). The molecule has 1 fully saturated rings. The number of benzene rings is 1. The minimum absolute atomic E-state index is 0.0358. The van der Waals surface area contributed by atoms with Gasteiger partial charge in [0, 0.05) is 35.8 Å². The molecule has 1 aromatic carbocycles. The number of nitrogens with zero attached hydrogens (tertiary/aromatic N) is 1. The van der Waals surface area contributed by atoms with E-state index >= 15 is 0 Å². The van der Waals surface area contributed by atoms with E-state index in [1.807, 2.05) is 24.3 Å². The number of aromatic nitrogens is 1. The van der Waals surface area contributed by atoms with Crippen LogP contribution in [0.25, 0.3) is 10.9 Å². The number of likely N-dealkylation sites (tertiary alicyclic amines) is 1. The molecule has 0 aliphatic carbocycles. The minimum atomic E-state index is -1.19. The summed E-state index contributed by atoms with van der Waals surface area (Å²) in [5.41, 5.74) is 7.10. The number of carbonyl (C=O) groups excluding carboxylic acids is 3. The molecule has 34 heavy (non-hydrogen) atoms. The van der Waals surface area contributed by atoms with Crippen LogP contribution in [0, 0.1) is 0 Å². The maximum atomic E-state index is 13.0. The van der Waals surface area contributed by atoms with E-state index in [4.69, 9.17) is 10.8 Å². The Kier molecular flexibility index (Phi) is 8.53. The summed E-state index contributed by atoms with van der Waals surface area (Å²) in [6, 6.07) is 3.17. The molecule has 0 bridgehead atoms. The highest BCUT2D eigenvalue weighted by Gasteiger charge is 2.38. The number of carboxylic acid groups (broad SMARTS) is 1. The number of nitrogens with one attached hydrogen (secondary N) is 3. The number of aliphatic carboxylic acids is 1. The second kappa shape index (κ2) is 11.4. The number of fused-ring (bicyclic) bond motifs is 1. The molecule has 3 amide bonds. The molecule has 1 saturated heterocycles. The molecule has 2 heterocycles. The van der Waals surface area contributed by atoms with Crippen LogP contribution < -0.4 is 16.4 Å². The van der Waals surface area contributed by atoms with Gasteiger partial charge >= 0.3 is 5.97 Å². The fourth-order valence-corrected chi connectivity index (χ4v) is 4.29. The highest BCUT2D eigenvalue weighted by Crippen LogP contribution is 2.21. The van der Waals surface area contributed by atoms with Gasteiger partial charge in [0.1, 0.15) is 24.2 Å². The van der Waals surface area contributed by atoms with Gasteiger partial charge in [0.05, 0.1) is 6.61 Å². The molecular weight excluding hydrogens is 462 g/mol. The molecule has 1 aromatic heterocycles. The summed E-state index contributed by atoms with van der Waals surface area (Å²) >= 11 is 4.12. The lowest BCUT2D eigenvalue weighted by Gasteiger charge is -2.29. The minimum Gasteiger partial charge on any atom is -0.480 e. The topological polar surface area (TPSA) is 178 Å². The first-order valence-corrected chi connectivity index (χ1v) is 11.6. The molecule has 1 aliphatic rings. The zero-order chi connectivity index (χ0) is 24.8. The molecule has 12 heteroatoms. The zero-order valence-corrected chi connectivity index (χ0v) is 19.3. The normalized spacial score (nSPS) is 18.3. The largest absolute Gasteiger partial charge is 0.480 e. The van der Waals surface area contributed by atoms with E-state index in [0.717, 1.165) is 16.5 Å². The standard InChI is InChI=1S/C22H29N5O6S/c23-14(10-28)19(29)26-17(11-34)21(31)27-7-3-6-18(27)20(30)25-16(22(32)33)8-12-9-24-15-5-2-1-4-13(12)15/h1-2,4-5,9,14,16-18,24,28,34H,3,6-8,10-11,23H2,(H,25,30)(H,26,29)(H,32,33). The molecule has 1 aliphatic heterocycles. The van der Waals surface area contributed by atoms with Crippen molar-refractivity contribution in [3.05, 3.63) is 36.0 Å². The van der Waals surface area contributed by atoms with Crippen LogP contribution in [-0.2, 0) is 25.6 Å². The van der Waals surface area contributed by atoms with Gasteiger partial charge < -0.3 is 36.5 Å². The van der Waals surface area contributed by atoms with Crippen molar-refractivity contribution in [1.82, 2.24) is 20.5 Å². The summed E-state index contributed by atoms with van der Waals surface area (Å²) in [4.78, 5) is 54.3. The maximum absolute atomic E-state index is 13.0. The number of nitrogens with two attached hydrogens (primary N) is 1. The van der Waals surface area contributed by atoms with Gasteiger partial charge in [0.15, 0.2) is 0 Å². The van der Waals surface area contributed by atoms with Gasteiger partial charge in [-0.25, -0.2) is 4.79 Å². The molecule has 4 unspecified atom stereocenters. The Bertz CT molecular complexity index is 1060. The Hall–Kier alpha value is -3.09. The van der Waals surface area contributed by atoms with Gasteiger partial charge in [0.2, 0.25) is 17.7 Å². The van der Waals surface area contributed by atoms with Gasteiger partial charge in [-0.3, -0.25) is 14.4 Å². The van der Waals surface area contributed by atoms with E-state index in [9.17, 15) is 24.3 Å². The molecule has 4 atom stereocenters. The Morgan fingerprint density at radius 2 is 1.94 bits per heavy atom. The summed E-state index contributed by atoms with van der Waals surface area (Å²) in [6.07, 6.45) is 2.70. The van der Waals surface area contributed by atoms with Crippen LogP contribution >= 0.6 is 12.6 Å². The lowest BCUT2D eigenvalue weighted by molar-refractivity contribution is -0.144. The molecule has 7 N–H and O–H groups in total. The van der Waals surface area contributed by atoms with E-state index < -0.39 is 54.5 Å². The van der Waals surface area contributed by atoms with Crippen molar-refractivity contribution in [1.29, 1.82) is 0 Å². The van der Waals surface area contributed by atoms with E-state index in [2.05, 4.69) is 28.2 Å². The molecule has 0 spiro atoms. The van der Waals surface area contributed by atoms with Crippen LogP contribution in [0.15, 0.2) is 30.5 Å². The second-order valence-corrected chi connectivity index (χ2v) is 8.55. The number of carbonyl (C=O) groups is 4. The smallest absolute Gasteiger partial charge is 0.326 e. The number of aliphatic hydroxyl groups is 1.